The minimum absolute atomic E-state index is 0.559. The van der Waals surface area contributed by atoms with E-state index in [0.717, 1.165) is 10.4 Å². The third-order valence-electron chi connectivity index (χ3n) is 1.39. The summed E-state index contributed by atoms with van der Waals surface area (Å²) in [6.45, 7) is 0. The molecular formula is C7H3N3OS. The molecule has 0 amide bonds. The third kappa shape index (κ3) is 0.984. The van der Waals surface area contributed by atoms with Gasteiger partial charge in [-0.05, 0) is 11.5 Å². The molecule has 0 N–H and O–H groups in total. The summed E-state index contributed by atoms with van der Waals surface area (Å²) >= 11 is 1.26. The Morgan fingerprint density at radius 3 is 3.08 bits per heavy atom. The molecule has 0 bridgehead atoms. The van der Waals surface area contributed by atoms with Crippen LogP contribution < -0.4 is 0 Å². The van der Waals surface area contributed by atoms with Gasteiger partial charge in [-0.15, -0.1) is 0 Å². The fourth-order valence-corrected chi connectivity index (χ4v) is 1.51. The van der Waals surface area contributed by atoms with Gasteiger partial charge in [-0.25, -0.2) is 0 Å². The van der Waals surface area contributed by atoms with Crippen LogP contribution in [-0.2, 0) is 0 Å². The van der Waals surface area contributed by atoms with Gasteiger partial charge in [0.05, 0.1) is 28.4 Å². The lowest BCUT2D eigenvalue weighted by Crippen LogP contribution is -1.71. The van der Waals surface area contributed by atoms with Crippen molar-refractivity contribution in [3.63, 3.8) is 0 Å². The van der Waals surface area contributed by atoms with E-state index < -0.39 is 0 Å². The molecule has 2 aromatic heterocycles. The van der Waals surface area contributed by atoms with Crippen molar-refractivity contribution >= 4 is 11.5 Å². The van der Waals surface area contributed by atoms with Gasteiger partial charge < -0.3 is 4.52 Å². The van der Waals surface area contributed by atoms with Gasteiger partial charge in [-0.1, -0.05) is 5.16 Å². The molecule has 0 atom stereocenters. The van der Waals surface area contributed by atoms with Crippen LogP contribution in [0.1, 0.15) is 5.56 Å². The van der Waals surface area contributed by atoms with E-state index >= 15 is 0 Å². The largest absolute Gasteiger partial charge is 0.364 e. The van der Waals surface area contributed by atoms with Crippen LogP contribution in [0.4, 0.5) is 0 Å². The average molecular weight is 177 g/mol. The van der Waals surface area contributed by atoms with Crippen molar-refractivity contribution in [2.24, 2.45) is 0 Å². The Hall–Kier alpha value is -1.67. The molecule has 0 aliphatic carbocycles. The molecule has 0 spiro atoms. The molecule has 0 aromatic carbocycles. The first kappa shape index (κ1) is 7.00. The smallest absolute Gasteiger partial charge is 0.132 e. The van der Waals surface area contributed by atoms with Gasteiger partial charge in [-0.3, -0.25) is 0 Å². The Bertz CT molecular complexity index is 412. The van der Waals surface area contributed by atoms with Gasteiger partial charge in [0.2, 0.25) is 0 Å². The summed E-state index contributed by atoms with van der Waals surface area (Å²) in [6.07, 6.45) is 4.59. The Morgan fingerprint density at radius 2 is 2.42 bits per heavy atom. The van der Waals surface area contributed by atoms with E-state index in [9.17, 15) is 0 Å². The molecule has 58 valence electrons. The monoisotopic (exact) mass is 177 g/mol. The van der Waals surface area contributed by atoms with Crippen LogP contribution in [0.25, 0.3) is 10.4 Å². The highest BCUT2D eigenvalue weighted by Crippen LogP contribution is 2.26. The number of hydrogen-bond donors (Lipinski definition) is 0. The molecule has 2 rings (SSSR count). The molecule has 0 aliphatic heterocycles. The summed E-state index contributed by atoms with van der Waals surface area (Å²) in [5, 5.41) is 12.2. The van der Waals surface area contributed by atoms with Gasteiger partial charge in [0.1, 0.15) is 12.3 Å². The van der Waals surface area contributed by atoms with Crippen molar-refractivity contribution in [3.8, 4) is 16.5 Å². The van der Waals surface area contributed by atoms with Gasteiger partial charge in [0.15, 0.2) is 0 Å². The van der Waals surface area contributed by atoms with Gasteiger partial charge in [0, 0.05) is 0 Å². The van der Waals surface area contributed by atoms with Crippen LogP contribution in [0.2, 0.25) is 0 Å². The molecule has 0 saturated carbocycles. The number of nitriles is 1. The van der Waals surface area contributed by atoms with Crippen LogP contribution in [0, 0.1) is 11.3 Å². The van der Waals surface area contributed by atoms with Crippen LogP contribution in [0.3, 0.4) is 0 Å². The first-order valence-electron chi connectivity index (χ1n) is 3.16. The summed E-state index contributed by atoms with van der Waals surface area (Å²) in [7, 11) is 0. The molecule has 2 aromatic rings. The third-order valence-corrected chi connectivity index (χ3v) is 2.23. The summed E-state index contributed by atoms with van der Waals surface area (Å²) in [5.74, 6) is 0. The highest BCUT2D eigenvalue weighted by atomic mass is 32.1. The highest BCUT2D eigenvalue weighted by molar-refractivity contribution is 7.09. The number of hydrogen-bond acceptors (Lipinski definition) is 5. The lowest BCUT2D eigenvalue weighted by molar-refractivity contribution is 0.420. The zero-order chi connectivity index (χ0) is 8.39. The van der Waals surface area contributed by atoms with E-state index in [0.29, 0.717) is 5.56 Å². The topological polar surface area (TPSA) is 62.7 Å². The lowest BCUT2D eigenvalue weighted by Gasteiger charge is -1.85. The van der Waals surface area contributed by atoms with Crippen LogP contribution >= 0.6 is 11.5 Å². The highest BCUT2D eigenvalue weighted by Gasteiger charge is 2.08. The number of aromatic nitrogens is 2. The molecule has 12 heavy (non-hydrogen) atoms. The van der Waals surface area contributed by atoms with Crippen molar-refractivity contribution < 1.29 is 4.52 Å². The Balaban J connectivity index is 2.55. The van der Waals surface area contributed by atoms with Gasteiger partial charge in [-0.2, -0.15) is 9.64 Å². The van der Waals surface area contributed by atoms with E-state index in [1.165, 1.54) is 24.0 Å². The average Bonchev–Trinajstić information content (AvgIpc) is 2.74. The van der Waals surface area contributed by atoms with E-state index in [1.807, 2.05) is 6.07 Å². The molecule has 0 saturated heterocycles. The summed E-state index contributed by atoms with van der Waals surface area (Å²) in [5.41, 5.74) is 1.36. The van der Waals surface area contributed by atoms with Gasteiger partial charge in [0.25, 0.3) is 0 Å². The Labute approximate surface area is 72.2 Å². The zero-order valence-corrected chi connectivity index (χ0v) is 6.71. The number of rotatable bonds is 1. The van der Waals surface area contributed by atoms with Crippen LogP contribution in [0.5, 0.6) is 0 Å². The second-order valence-electron chi connectivity index (χ2n) is 2.09. The first-order valence-corrected chi connectivity index (χ1v) is 3.93. The zero-order valence-electron chi connectivity index (χ0n) is 5.89. The standard InChI is InChI=1S/C7H3N3OS/c8-1-5-3-10-12-7(5)6-2-9-11-4-6/h2-4H. The quantitative estimate of drug-likeness (QED) is 0.664. The minimum atomic E-state index is 0.559. The molecule has 5 heteroatoms. The maximum atomic E-state index is 8.67. The fraction of sp³-hybridized carbons (Fsp3) is 0. The van der Waals surface area contributed by atoms with Crippen molar-refractivity contribution in [2.45, 2.75) is 0 Å². The molecular weight excluding hydrogens is 174 g/mol. The molecule has 0 radical (unpaired) electrons. The summed E-state index contributed by atoms with van der Waals surface area (Å²) in [4.78, 5) is 0.804. The first-order chi connectivity index (χ1) is 5.92. The van der Waals surface area contributed by atoms with Crippen molar-refractivity contribution in [1.82, 2.24) is 9.53 Å². The van der Waals surface area contributed by atoms with E-state index in [1.54, 1.807) is 6.20 Å². The van der Waals surface area contributed by atoms with Crippen LogP contribution in [-0.4, -0.2) is 9.53 Å². The Kier molecular flexibility index (Phi) is 1.61. The Morgan fingerprint density at radius 1 is 1.50 bits per heavy atom. The number of nitrogens with zero attached hydrogens (tertiary/aromatic N) is 3. The normalized spacial score (nSPS) is 9.58. The fourth-order valence-electron chi connectivity index (χ4n) is 0.844. The van der Waals surface area contributed by atoms with E-state index in [2.05, 4.69) is 14.1 Å². The molecule has 2 heterocycles. The molecule has 0 unspecified atom stereocenters. The maximum Gasteiger partial charge on any atom is 0.132 e. The van der Waals surface area contributed by atoms with E-state index in [-0.39, 0.29) is 0 Å². The molecule has 0 aliphatic rings. The van der Waals surface area contributed by atoms with Gasteiger partial charge >= 0.3 is 0 Å². The lowest BCUT2D eigenvalue weighted by atomic mass is 10.2. The SMILES string of the molecule is N#Cc1cnsc1-c1cnoc1. The van der Waals surface area contributed by atoms with E-state index in [4.69, 9.17) is 5.26 Å². The summed E-state index contributed by atoms with van der Waals surface area (Å²) < 4.78 is 8.56. The summed E-state index contributed by atoms with van der Waals surface area (Å²) in [6, 6.07) is 2.04. The predicted octanol–water partition coefficient (Wildman–Crippen LogP) is 1.67. The second kappa shape index (κ2) is 2.75. The predicted molar refractivity (Wildman–Crippen MR) is 42.3 cm³/mol. The van der Waals surface area contributed by atoms with Crippen LogP contribution in [0.15, 0.2) is 23.2 Å². The van der Waals surface area contributed by atoms with Crippen molar-refractivity contribution in [2.75, 3.05) is 0 Å². The molecule has 4 nitrogen and oxygen atoms in total. The minimum Gasteiger partial charge on any atom is -0.364 e. The van der Waals surface area contributed by atoms with Crippen molar-refractivity contribution in [3.05, 3.63) is 24.2 Å². The second-order valence-corrected chi connectivity index (χ2v) is 2.90. The molecule has 0 fully saturated rings. The van der Waals surface area contributed by atoms with Crippen molar-refractivity contribution in [1.29, 1.82) is 5.26 Å². The maximum absolute atomic E-state index is 8.67.